The van der Waals surface area contributed by atoms with Crippen molar-refractivity contribution in [1.29, 1.82) is 5.26 Å². The maximum Gasteiger partial charge on any atom is 0.339 e. The van der Waals surface area contributed by atoms with Crippen LogP contribution in [0.3, 0.4) is 0 Å². The van der Waals surface area contributed by atoms with Gasteiger partial charge < -0.3 is 10.1 Å². The Morgan fingerprint density at radius 1 is 1.30 bits per heavy atom. The van der Waals surface area contributed by atoms with E-state index in [9.17, 15) is 9.59 Å². The van der Waals surface area contributed by atoms with Crippen LogP contribution in [-0.4, -0.2) is 24.0 Å². The lowest BCUT2D eigenvalue weighted by Gasteiger charge is -2.24. The van der Waals surface area contributed by atoms with Crippen molar-refractivity contribution >= 4 is 11.9 Å². The number of amides is 1. The monoisotopic (exact) mass is 314 g/mol. The highest BCUT2D eigenvalue weighted by Crippen LogP contribution is 2.18. The van der Waals surface area contributed by atoms with Crippen molar-refractivity contribution in [3.05, 3.63) is 35.4 Å². The molecule has 0 unspecified atom stereocenters. The van der Waals surface area contributed by atoms with Crippen LogP contribution in [-0.2, 0) is 16.0 Å². The molecule has 1 aromatic rings. The van der Waals surface area contributed by atoms with E-state index in [2.05, 4.69) is 5.32 Å². The van der Waals surface area contributed by atoms with E-state index in [1.807, 2.05) is 6.07 Å². The van der Waals surface area contributed by atoms with Gasteiger partial charge in [-0.25, -0.2) is 4.79 Å². The number of hydrogen-bond acceptors (Lipinski definition) is 4. The first-order valence-electron chi connectivity index (χ1n) is 8.08. The lowest BCUT2D eigenvalue weighted by atomic mass is 9.95. The first-order chi connectivity index (χ1) is 11.1. The second kappa shape index (κ2) is 8.33. The molecule has 122 valence electrons. The average Bonchev–Trinajstić information content (AvgIpc) is 2.56. The number of ether oxygens (including phenoxy) is 1. The molecule has 1 fully saturated rings. The molecule has 0 saturated heterocycles. The van der Waals surface area contributed by atoms with Crippen molar-refractivity contribution in [3.63, 3.8) is 0 Å². The van der Waals surface area contributed by atoms with Gasteiger partial charge in [-0.2, -0.15) is 5.26 Å². The number of nitrogens with one attached hydrogen (secondary N) is 1. The van der Waals surface area contributed by atoms with Gasteiger partial charge in [0.25, 0.3) is 5.91 Å². The van der Waals surface area contributed by atoms with Crippen molar-refractivity contribution in [2.45, 2.75) is 57.6 Å². The molecule has 1 aliphatic carbocycles. The molecule has 1 aliphatic rings. The molecule has 0 aliphatic heterocycles. The minimum absolute atomic E-state index is 0.133. The molecule has 2 rings (SSSR count). The zero-order valence-electron chi connectivity index (χ0n) is 13.4. The zero-order chi connectivity index (χ0) is 16.7. The first-order valence-corrected chi connectivity index (χ1v) is 8.08. The second-order valence-corrected chi connectivity index (χ2v) is 5.88. The molecule has 1 amide bonds. The number of hydrogen-bond donors (Lipinski definition) is 1. The molecule has 1 N–H and O–H groups in total. The average molecular weight is 314 g/mol. The van der Waals surface area contributed by atoms with Gasteiger partial charge in [-0.05, 0) is 31.4 Å². The van der Waals surface area contributed by atoms with E-state index in [1.165, 1.54) is 6.42 Å². The van der Waals surface area contributed by atoms with Gasteiger partial charge in [0.1, 0.15) is 0 Å². The Labute approximate surface area is 136 Å². The summed E-state index contributed by atoms with van der Waals surface area (Å²) in [7, 11) is 0. The fraction of sp³-hybridized carbons (Fsp3) is 0.500. The van der Waals surface area contributed by atoms with E-state index < -0.39 is 12.1 Å². The summed E-state index contributed by atoms with van der Waals surface area (Å²) in [4.78, 5) is 24.4. The van der Waals surface area contributed by atoms with Gasteiger partial charge >= 0.3 is 5.97 Å². The van der Waals surface area contributed by atoms with Gasteiger partial charge in [0, 0.05) is 6.04 Å². The van der Waals surface area contributed by atoms with E-state index in [1.54, 1.807) is 31.2 Å². The smallest absolute Gasteiger partial charge is 0.339 e. The molecule has 5 nitrogen and oxygen atoms in total. The van der Waals surface area contributed by atoms with Crippen molar-refractivity contribution in [3.8, 4) is 6.07 Å². The van der Waals surface area contributed by atoms with Gasteiger partial charge in [-0.3, -0.25) is 4.79 Å². The number of benzene rings is 1. The van der Waals surface area contributed by atoms with Crippen LogP contribution in [0.2, 0.25) is 0 Å². The number of rotatable bonds is 5. The third kappa shape index (κ3) is 4.82. The third-order valence-electron chi connectivity index (χ3n) is 4.11. The van der Waals surface area contributed by atoms with Crippen LogP contribution in [0.5, 0.6) is 0 Å². The molecular weight excluding hydrogens is 292 g/mol. The Morgan fingerprint density at radius 2 is 2.00 bits per heavy atom. The standard InChI is InChI=1S/C18H22N2O3/c1-13(17(21)20-15-8-3-2-4-9-15)23-18(22)16-10-6-5-7-14(16)11-12-19/h5-7,10,13,15H,2-4,8-9,11H2,1H3,(H,20,21)/t13-/m1/s1. The summed E-state index contributed by atoms with van der Waals surface area (Å²) in [5, 5.41) is 11.8. The van der Waals surface area contributed by atoms with Gasteiger partial charge in [0.2, 0.25) is 0 Å². The summed E-state index contributed by atoms with van der Waals surface area (Å²) in [6, 6.07) is 9.01. The van der Waals surface area contributed by atoms with Crippen LogP contribution in [0.4, 0.5) is 0 Å². The van der Waals surface area contributed by atoms with E-state index in [0.29, 0.717) is 11.1 Å². The van der Waals surface area contributed by atoms with Crippen LogP contribution in [0.15, 0.2) is 24.3 Å². The highest BCUT2D eigenvalue weighted by Gasteiger charge is 2.23. The summed E-state index contributed by atoms with van der Waals surface area (Å²) in [5.41, 5.74) is 0.950. The maximum absolute atomic E-state index is 12.2. The SMILES string of the molecule is C[C@@H](OC(=O)c1ccccc1CC#N)C(=O)NC1CCCCC1. The fourth-order valence-electron chi connectivity index (χ4n) is 2.80. The molecule has 0 aromatic heterocycles. The lowest BCUT2D eigenvalue weighted by Crippen LogP contribution is -2.42. The van der Waals surface area contributed by atoms with Crippen LogP contribution >= 0.6 is 0 Å². The summed E-state index contributed by atoms with van der Waals surface area (Å²) in [6.45, 7) is 1.57. The van der Waals surface area contributed by atoms with Gasteiger partial charge in [-0.1, -0.05) is 37.5 Å². The minimum atomic E-state index is -0.848. The Bertz CT molecular complexity index is 601. The van der Waals surface area contributed by atoms with Crippen LogP contribution in [0.25, 0.3) is 0 Å². The topological polar surface area (TPSA) is 79.2 Å². The Kier molecular flexibility index (Phi) is 6.16. The number of carbonyl (C=O) groups is 2. The van der Waals surface area contributed by atoms with Gasteiger partial charge in [-0.15, -0.1) is 0 Å². The number of esters is 1. The Hall–Kier alpha value is -2.35. The third-order valence-corrected chi connectivity index (χ3v) is 4.11. The molecule has 1 saturated carbocycles. The second-order valence-electron chi connectivity index (χ2n) is 5.88. The van der Waals surface area contributed by atoms with Crippen LogP contribution in [0.1, 0.15) is 54.9 Å². The predicted molar refractivity (Wildman–Crippen MR) is 85.7 cm³/mol. The first kappa shape index (κ1) is 17.0. The predicted octanol–water partition coefficient (Wildman–Crippen LogP) is 2.75. The number of carbonyl (C=O) groups excluding carboxylic acids is 2. The lowest BCUT2D eigenvalue weighted by molar-refractivity contribution is -0.130. The highest BCUT2D eigenvalue weighted by atomic mass is 16.5. The molecule has 0 radical (unpaired) electrons. The summed E-state index contributed by atoms with van der Waals surface area (Å²) in [6.07, 6.45) is 4.72. The molecule has 1 aromatic carbocycles. The highest BCUT2D eigenvalue weighted by molar-refractivity contribution is 5.93. The normalized spacial score (nSPS) is 16.2. The fourth-order valence-corrected chi connectivity index (χ4v) is 2.80. The van der Waals surface area contributed by atoms with E-state index >= 15 is 0 Å². The van der Waals surface area contributed by atoms with E-state index in [-0.39, 0.29) is 18.4 Å². The van der Waals surface area contributed by atoms with Gasteiger partial charge in [0.05, 0.1) is 18.1 Å². The van der Waals surface area contributed by atoms with Crippen molar-refractivity contribution in [2.75, 3.05) is 0 Å². The largest absolute Gasteiger partial charge is 0.449 e. The van der Waals surface area contributed by atoms with Crippen molar-refractivity contribution < 1.29 is 14.3 Å². The number of nitrogens with zero attached hydrogens (tertiary/aromatic N) is 1. The quantitative estimate of drug-likeness (QED) is 0.848. The molecule has 23 heavy (non-hydrogen) atoms. The molecule has 1 atom stereocenters. The van der Waals surface area contributed by atoms with Crippen molar-refractivity contribution in [2.24, 2.45) is 0 Å². The Balaban J connectivity index is 1.94. The molecular formula is C18H22N2O3. The molecule has 0 bridgehead atoms. The zero-order valence-corrected chi connectivity index (χ0v) is 13.4. The maximum atomic E-state index is 12.2. The summed E-state index contributed by atoms with van der Waals surface area (Å²) in [5.74, 6) is -0.829. The summed E-state index contributed by atoms with van der Waals surface area (Å²) < 4.78 is 5.27. The number of nitriles is 1. The van der Waals surface area contributed by atoms with Crippen molar-refractivity contribution in [1.82, 2.24) is 5.32 Å². The van der Waals surface area contributed by atoms with E-state index in [4.69, 9.17) is 10.00 Å². The van der Waals surface area contributed by atoms with Crippen LogP contribution < -0.4 is 5.32 Å². The Morgan fingerprint density at radius 3 is 2.70 bits per heavy atom. The molecule has 0 spiro atoms. The van der Waals surface area contributed by atoms with E-state index in [0.717, 1.165) is 25.7 Å². The minimum Gasteiger partial charge on any atom is -0.449 e. The van der Waals surface area contributed by atoms with Gasteiger partial charge in [0.15, 0.2) is 6.10 Å². The van der Waals surface area contributed by atoms with Crippen LogP contribution in [0, 0.1) is 11.3 Å². The molecule has 0 heterocycles. The summed E-state index contributed by atoms with van der Waals surface area (Å²) >= 11 is 0. The molecule has 5 heteroatoms.